The first-order valence-electron chi connectivity index (χ1n) is 9.88. The first kappa shape index (κ1) is 19.1. The van der Waals surface area contributed by atoms with Gasteiger partial charge in [0.15, 0.2) is 0 Å². The van der Waals surface area contributed by atoms with E-state index < -0.39 is 5.92 Å². The predicted molar refractivity (Wildman–Crippen MR) is 101 cm³/mol. The molecule has 1 aliphatic heterocycles. The van der Waals surface area contributed by atoms with E-state index in [1.165, 1.54) is 44.6 Å². The quantitative estimate of drug-likeness (QED) is 0.757. The summed E-state index contributed by atoms with van der Waals surface area (Å²) in [7, 11) is 0. The molecule has 3 nitrogen and oxygen atoms in total. The summed E-state index contributed by atoms with van der Waals surface area (Å²) in [6.45, 7) is 5.44. The number of halogens is 2. The lowest BCUT2D eigenvalue weighted by Crippen LogP contribution is -2.47. The van der Waals surface area contributed by atoms with Gasteiger partial charge in [-0.3, -0.25) is 4.90 Å². The van der Waals surface area contributed by atoms with E-state index in [4.69, 9.17) is 0 Å². The van der Waals surface area contributed by atoms with Crippen LogP contribution in [0, 0.1) is 17.2 Å². The first-order chi connectivity index (χ1) is 12.5. The Bertz CT molecular complexity index is 634. The topological polar surface area (TPSA) is 30.3 Å². The molecule has 1 aliphatic carbocycles. The monoisotopic (exact) mass is 361 g/mol. The van der Waals surface area contributed by atoms with Gasteiger partial charge in [0.1, 0.15) is 6.07 Å². The number of hydrogen-bond acceptors (Lipinski definition) is 3. The standard InChI is InChI=1S/C21H29F2N3/c1-21(22,23)19-8-5-9-20(18(19)16-24)26-14-12-25(13-15-26)11-10-17-6-3-2-4-7-17/h5,8-9,17H,2-4,6-7,10-15H2,1H3. The van der Waals surface area contributed by atoms with Crippen LogP contribution in [0.15, 0.2) is 18.2 Å². The maximum atomic E-state index is 13.8. The summed E-state index contributed by atoms with van der Waals surface area (Å²) in [5.74, 6) is -2.11. The van der Waals surface area contributed by atoms with Crippen LogP contribution < -0.4 is 4.90 Å². The van der Waals surface area contributed by atoms with E-state index in [0.29, 0.717) is 5.69 Å². The fourth-order valence-electron chi connectivity index (χ4n) is 4.34. The molecule has 1 saturated heterocycles. The minimum atomic E-state index is -3.00. The molecule has 2 fully saturated rings. The number of rotatable bonds is 5. The Balaban J connectivity index is 1.59. The Labute approximate surface area is 155 Å². The summed E-state index contributed by atoms with van der Waals surface area (Å²) in [4.78, 5) is 4.57. The van der Waals surface area contributed by atoms with E-state index in [0.717, 1.165) is 45.6 Å². The van der Waals surface area contributed by atoms with Crippen LogP contribution in [0.1, 0.15) is 56.6 Å². The van der Waals surface area contributed by atoms with E-state index in [2.05, 4.69) is 9.80 Å². The molecule has 0 spiro atoms. The minimum Gasteiger partial charge on any atom is -0.368 e. The van der Waals surface area contributed by atoms with Gasteiger partial charge in [0.05, 0.1) is 11.3 Å². The van der Waals surface area contributed by atoms with Crippen LogP contribution in [-0.4, -0.2) is 37.6 Å². The number of nitriles is 1. The average Bonchev–Trinajstić information content (AvgIpc) is 2.66. The molecule has 2 aliphatic rings. The highest BCUT2D eigenvalue weighted by Crippen LogP contribution is 2.35. The molecule has 1 saturated carbocycles. The molecule has 26 heavy (non-hydrogen) atoms. The zero-order chi connectivity index (χ0) is 18.6. The van der Waals surface area contributed by atoms with Gasteiger partial charge in [0.2, 0.25) is 0 Å². The molecule has 0 amide bonds. The third kappa shape index (κ3) is 4.54. The van der Waals surface area contributed by atoms with Gasteiger partial charge >= 0.3 is 0 Å². The van der Waals surface area contributed by atoms with Crippen molar-refractivity contribution in [3.8, 4) is 6.07 Å². The fourth-order valence-corrected chi connectivity index (χ4v) is 4.34. The van der Waals surface area contributed by atoms with Gasteiger partial charge in [-0.2, -0.15) is 5.26 Å². The Morgan fingerprint density at radius 2 is 1.81 bits per heavy atom. The highest BCUT2D eigenvalue weighted by molar-refractivity contribution is 5.63. The molecule has 142 valence electrons. The van der Waals surface area contributed by atoms with Crippen LogP contribution in [0.4, 0.5) is 14.5 Å². The van der Waals surface area contributed by atoms with Gasteiger partial charge in [-0.1, -0.05) is 44.2 Å². The molecular weight excluding hydrogens is 332 g/mol. The number of alkyl halides is 2. The van der Waals surface area contributed by atoms with E-state index in [-0.39, 0.29) is 11.1 Å². The van der Waals surface area contributed by atoms with Crippen molar-refractivity contribution in [2.75, 3.05) is 37.6 Å². The summed E-state index contributed by atoms with van der Waals surface area (Å²) >= 11 is 0. The molecule has 0 atom stereocenters. The maximum Gasteiger partial charge on any atom is 0.271 e. The molecule has 1 aromatic rings. The fraction of sp³-hybridized carbons (Fsp3) is 0.667. The zero-order valence-corrected chi connectivity index (χ0v) is 15.7. The van der Waals surface area contributed by atoms with Crippen LogP contribution in [-0.2, 0) is 5.92 Å². The Morgan fingerprint density at radius 1 is 1.12 bits per heavy atom. The van der Waals surface area contributed by atoms with Crippen molar-refractivity contribution < 1.29 is 8.78 Å². The molecule has 5 heteroatoms. The molecule has 0 bridgehead atoms. The van der Waals surface area contributed by atoms with Crippen molar-refractivity contribution >= 4 is 5.69 Å². The SMILES string of the molecule is CC(F)(F)c1cccc(N2CCN(CCC3CCCCC3)CC2)c1C#N. The Hall–Kier alpha value is -1.67. The lowest BCUT2D eigenvalue weighted by atomic mass is 9.87. The average molecular weight is 361 g/mol. The van der Waals surface area contributed by atoms with E-state index in [1.807, 2.05) is 6.07 Å². The van der Waals surface area contributed by atoms with E-state index >= 15 is 0 Å². The molecule has 0 aromatic heterocycles. The number of benzene rings is 1. The summed E-state index contributed by atoms with van der Waals surface area (Å²) in [5, 5.41) is 9.45. The number of hydrogen-bond donors (Lipinski definition) is 0. The Morgan fingerprint density at radius 3 is 2.42 bits per heavy atom. The summed E-state index contributed by atoms with van der Waals surface area (Å²) in [6.07, 6.45) is 8.20. The van der Waals surface area contributed by atoms with Gasteiger partial charge in [0, 0.05) is 38.7 Å². The van der Waals surface area contributed by atoms with Crippen molar-refractivity contribution in [2.45, 2.75) is 51.4 Å². The van der Waals surface area contributed by atoms with Gasteiger partial charge in [-0.05, 0) is 24.9 Å². The molecule has 0 N–H and O–H groups in total. The van der Waals surface area contributed by atoms with Crippen molar-refractivity contribution in [3.63, 3.8) is 0 Å². The minimum absolute atomic E-state index is 0.121. The van der Waals surface area contributed by atoms with Crippen LogP contribution in [0.2, 0.25) is 0 Å². The second-order valence-electron chi connectivity index (χ2n) is 7.82. The first-order valence-corrected chi connectivity index (χ1v) is 9.88. The third-order valence-electron chi connectivity index (χ3n) is 5.92. The van der Waals surface area contributed by atoms with E-state index in [1.54, 1.807) is 12.1 Å². The predicted octanol–water partition coefficient (Wildman–Crippen LogP) is 4.76. The van der Waals surface area contributed by atoms with Gasteiger partial charge < -0.3 is 4.90 Å². The van der Waals surface area contributed by atoms with Crippen molar-refractivity contribution in [1.29, 1.82) is 5.26 Å². The highest BCUT2D eigenvalue weighted by atomic mass is 19.3. The summed E-state index contributed by atoms with van der Waals surface area (Å²) in [5.41, 5.74) is 0.603. The van der Waals surface area contributed by atoms with Gasteiger partial charge in [-0.15, -0.1) is 0 Å². The van der Waals surface area contributed by atoms with Crippen LogP contribution >= 0.6 is 0 Å². The summed E-state index contributed by atoms with van der Waals surface area (Å²) in [6, 6.07) is 6.81. The number of piperazine rings is 1. The van der Waals surface area contributed by atoms with Gasteiger partial charge in [-0.25, -0.2) is 8.78 Å². The van der Waals surface area contributed by atoms with Crippen molar-refractivity contribution in [2.24, 2.45) is 5.92 Å². The van der Waals surface area contributed by atoms with Crippen LogP contribution in [0.25, 0.3) is 0 Å². The molecule has 3 rings (SSSR count). The van der Waals surface area contributed by atoms with Crippen LogP contribution in [0.5, 0.6) is 0 Å². The second-order valence-corrected chi connectivity index (χ2v) is 7.82. The van der Waals surface area contributed by atoms with Crippen LogP contribution in [0.3, 0.4) is 0 Å². The molecule has 0 unspecified atom stereocenters. The molecular formula is C21H29F2N3. The van der Waals surface area contributed by atoms with Crippen molar-refractivity contribution in [1.82, 2.24) is 4.90 Å². The Kier molecular flexibility index (Phi) is 6.13. The van der Waals surface area contributed by atoms with Crippen molar-refractivity contribution in [3.05, 3.63) is 29.3 Å². The normalized spacial score (nSPS) is 20.2. The number of anilines is 1. The number of nitrogens with zero attached hydrogens (tertiary/aromatic N) is 3. The molecule has 1 heterocycles. The van der Waals surface area contributed by atoms with E-state index in [9.17, 15) is 14.0 Å². The zero-order valence-electron chi connectivity index (χ0n) is 15.7. The lowest BCUT2D eigenvalue weighted by Gasteiger charge is -2.37. The smallest absolute Gasteiger partial charge is 0.271 e. The summed E-state index contributed by atoms with van der Waals surface area (Å²) < 4.78 is 27.6. The second kappa shape index (κ2) is 8.35. The third-order valence-corrected chi connectivity index (χ3v) is 5.92. The molecule has 0 radical (unpaired) electrons. The lowest BCUT2D eigenvalue weighted by molar-refractivity contribution is 0.0172. The highest BCUT2D eigenvalue weighted by Gasteiger charge is 2.30. The largest absolute Gasteiger partial charge is 0.368 e. The van der Waals surface area contributed by atoms with Gasteiger partial charge in [0.25, 0.3) is 5.92 Å². The molecule has 1 aromatic carbocycles. The maximum absolute atomic E-state index is 13.8.